The molecule has 0 radical (unpaired) electrons. The molecule has 26 heavy (non-hydrogen) atoms. The van der Waals surface area contributed by atoms with Gasteiger partial charge in [0.2, 0.25) is 11.8 Å². The lowest BCUT2D eigenvalue weighted by Crippen LogP contribution is -2.14. The van der Waals surface area contributed by atoms with Crippen LogP contribution in [0.3, 0.4) is 0 Å². The predicted molar refractivity (Wildman–Crippen MR) is 99.2 cm³/mol. The third kappa shape index (κ3) is 4.23. The molecule has 0 bridgehead atoms. The van der Waals surface area contributed by atoms with Crippen LogP contribution in [0.15, 0.2) is 33.8 Å². The fourth-order valence-corrected chi connectivity index (χ4v) is 2.93. The standard InChI is InChI=1S/C16H17ClN6O2S/c1-9(2)14-20-21-15(25-14)18-12(24)8-26-16-22-19-13(23(16)3)10-4-6-11(17)7-5-10/h4-7,9H,8H2,1-3H3,(H,18,21,24). The third-order valence-corrected chi connectivity index (χ3v) is 4.72. The second-order valence-corrected chi connectivity index (χ2v) is 7.19. The summed E-state index contributed by atoms with van der Waals surface area (Å²) in [6.45, 7) is 3.86. The largest absolute Gasteiger partial charge is 0.408 e. The van der Waals surface area contributed by atoms with E-state index < -0.39 is 0 Å². The van der Waals surface area contributed by atoms with Gasteiger partial charge in [-0.3, -0.25) is 10.1 Å². The van der Waals surface area contributed by atoms with Crippen molar-refractivity contribution < 1.29 is 9.21 Å². The molecule has 10 heteroatoms. The molecule has 0 saturated carbocycles. The molecule has 136 valence electrons. The molecular weight excluding hydrogens is 376 g/mol. The van der Waals surface area contributed by atoms with E-state index in [2.05, 4.69) is 25.7 Å². The smallest absolute Gasteiger partial charge is 0.322 e. The summed E-state index contributed by atoms with van der Waals surface area (Å²) in [4.78, 5) is 12.1. The Morgan fingerprint density at radius 2 is 1.96 bits per heavy atom. The summed E-state index contributed by atoms with van der Waals surface area (Å²) in [5, 5.41) is 19.8. The molecule has 3 aromatic rings. The molecule has 1 N–H and O–H groups in total. The van der Waals surface area contributed by atoms with Crippen LogP contribution in [0.2, 0.25) is 5.02 Å². The highest BCUT2D eigenvalue weighted by Gasteiger charge is 2.15. The zero-order chi connectivity index (χ0) is 18.7. The lowest BCUT2D eigenvalue weighted by molar-refractivity contribution is -0.113. The second-order valence-electron chi connectivity index (χ2n) is 5.81. The van der Waals surface area contributed by atoms with E-state index in [1.165, 1.54) is 11.8 Å². The number of halogens is 1. The molecule has 0 fully saturated rings. The van der Waals surface area contributed by atoms with Crippen LogP contribution in [0.25, 0.3) is 11.4 Å². The molecule has 2 heterocycles. The van der Waals surface area contributed by atoms with Gasteiger partial charge >= 0.3 is 6.01 Å². The molecule has 8 nitrogen and oxygen atoms in total. The topological polar surface area (TPSA) is 98.7 Å². The minimum absolute atomic E-state index is 0.0964. The number of nitrogens with zero attached hydrogens (tertiary/aromatic N) is 5. The molecule has 2 aromatic heterocycles. The number of rotatable bonds is 6. The van der Waals surface area contributed by atoms with Gasteiger partial charge in [-0.2, -0.15) is 0 Å². The van der Waals surface area contributed by atoms with Gasteiger partial charge in [-0.05, 0) is 24.3 Å². The number of anilines is 1. The maximum absolute atomic E-state index is 12.1. The maximum atomic E-state index is 12.1. The number of thioether (sulfide) groups is 1. The highest BCUT2D eigenvalue weighted by atomic mass is 35.5. The van der Waals surface area contributed by atoms with Crippen LogP contribution in [0.1, 0.15) is 25.7 Å². The monoisotopic (exact) mass is 392 g/mol. The van der Waals surface area contributed by atoms with Crippen LogP contribution < -0.4 is 5.32 Å². The Kier molecular flexibility index (Phi) is 5.58. The zero-order valence-electron chi connectivity index (χ0n) is 14.4. The summed E-state index contributed by atoms with van der Waals surface area (Å²) in [6.07, 6.45) is 0. The lowest BCUT2D eigenvalue weighted by Gasteiger charge is -2.04. The van der Waals surface area contributed by atoms with Crippen molar-refractivity contribution >= 4 is 35.3 Å². The van der Waals surface area contributed by atoms with Crippen molar-refractivity contribution in [2.75, 3.05) is 11.1 Å². The normalized spacial score (nSPS) is 11.1. The van der Waals surface area contributed by atoms with Gasteiger partial charge in [0.1, 0.15) is 0 Å². The minimum atomic E-state index is -0.259. The summed E-state index contributed by atoms with van der Waals surface area (Å²) >= 11 is 7.17. The molecule has 1 amide bonds. The molecule has 0 saturated heterocycles. The molecule has 1 aromatic carbocycles. The third-order valence-electron chi connectivity index (χ3n) is 3.45. The van der Waals surface area contributed by atoms with Gasteiger partial charge in [0.05, 0.1) is 5.75 Å². The summed E-state index contributed by atoms with van der Waals surface area (Å²) in [5.74, 6) is 1.17. The fraction of sp³-hybridized carbons (Fsp3) is 0.312. The van der Waals surface area contributed by atoms with Crippen LogP contribution in [-0.4, -0.2) is 36.6 Å². The Morgan fingerprint density at radius 1 is 1.23 bits per heavy atom. The van der Waals surface area contributed by atoms with E-state index in [0.717, 1.165) is 5.56 Å². The average molecular weight is 393 g/mol. The van der Waals surface area contributed by atoms with Gasteiger partial charge in [0, 0.05) is 23.6 Å². The van der Waals surface area contributed by atoms with Crippen LogP contribution in [0, 0.1) is 0 Å². The van der Waals surface area contributed by atoms with Crippen molar-refractivity contribution in [3.8, 4) is 11.4 Å². The first-order valence-electron chi connectivity index (χ1n) is 7.85. The van der Waals surface area contributed by atoms with Crippen LogP contribution in [0.4, 0.5) is 6.01 Å². The number of nitrogens with one attached hydrogen (secondary N) is 1. The van der Waals surface area contributed by atoms with Gasteiger partial charge in [-0.25, -0.2) is 0 Å². The van der Waals surface area contributed by atoms with E-state index in [4.69, 9.17) is 16.0 Å². The Morgan fingerprint density at radius 3 is 2.62 bits per heavy atom. The Bertz CT molecular complexity index is 906. The SMILES string of the molecule is CC(C)c1nnc(NC(=O)CSc2nnc(-c3ccc(Cl)cc3)n2C)o1. The lowest BCUT2D eigenvalue weighted by atomic mass is 10.2. The molecule has 0 atom stereocenters. The summed E-state index contributed by atoms with van der Waals surface area (Å²) in [5.41, 5.74) is 0.896. The highest BCUT2D eigenvalue weighted by molar-refractivity contribution is 7.99. The Balaban J connectivity index is 1.61. The van der Waals surface area contributed by atoms with Crippen LogP contribution in [-0.2, 0) is 11.8 Å². The van der Waals surface area contributed by atoms with E-state index in [1.807, 2.05) is 37.6 Å². The van der Waals surface area contributed by atoms with Gasteiger partial charge in [0.15, 0.2) is 11.0 Å². The van der Waals surface area contributed by atoms with Crippen LogP contribution in [0.5, 0.6) is 0 Å². The van der Waals surface area contributed by atoms with Crippen molar-refractivity contribution in [1.29, 1.82) is 0 Å². The van der Waals surface area contributed by atoms with Crippen molar-refractivity contribution in [2.45, 2.75) is 24.9 Å². The maximum Gasteiger partial charge on any atom is 0.322 e. The van der Waals surface area contributed by atoms with E-state index in [0.29, 0.717) is 21.9 Å². The first-order valence-corrected chi connectivity index (χ1v) is 9.21. The number of aromatic nitrogens is 5. The molecular formula is C16H17ClN6O2S. The average Bonchev–Trinajstić information content (AvgIpc) is 3.21. The van der Waals surface area contributed by atoms with E-state index >= 15 is 0 Å². The van der Waals surface area contributed by atoms with Gasteiger partial charge in [0.25, 0.3) is 0 Å². The van der Waals surface area contributed by atoms with Crippen LogP contribution >= 0.6 is 23.4 Å². The summed E-state index contributed by atoms with van der Waals surface area (Å²) < 4.78 is 7.18. The Hall–Kier alpha value is -2.39. The first-order chi connectivity index (χ1) is 12.4. The molecule has 0 unspecified atom stereocenters. The van der Waals surface area contributed by atoms with E-state index in [-0.39, 0.29) is 23.6 Å². The number of amides is 1. The van der Waals surface area contributed by atoms with E-state index in [9.17, 15) is 4.79 Å². The van der Waals surface area contributed by atoms with Gasteiger partial charge in [-0.15, -0.1) is 15.3 Å². The first kappa shape index (κ1) is 18.4. The quantitative estimate of drug-likeness (QED) is 0.642. The minimum Gasteiger partial charge on any atom is -0.408 e. The van der Waals surface area contributed by atoms with Crippen molar-refractivity contribution in [2.24, 2.45) is 7.05 Å². The number of hydrogen-bond donors (Lipinski definition) is 1. The molecule has 3 rings (SSSR count). The number of carbonyl (C=O) groups excluding carboxylic acids is 1. The van der Waals surface area contributed by atoms with Crippen molar-refractivity contribution in [1.82, 2.24) is 25.0 Å². The molecule has 0 aliphatic carbocycles. The molecule has 0 aliphatic heterocycles. The second kappa shape index (κ2) is 7.88. The summed E-state index contributed by atoms with van der Waals surface area (Å²) in [7, 11) is 1.84. The number of carbonyl (C=O) groups is 1. The number of hydrogen-bond acceptors (Lipinski definition) is 7. The summed E-state index contributed by atoms with van der Waals surface area (Å²) in [6, 6.07) is 7.42. The highest BCUT2D eigenvalue weighted by Crippen LogP contribution is 2.24. The molecule has 0 aliphatic rings. The molecule has 0 spiro atoms. The van der Waals surface area contributed by atoms with Gasteiger partial charge in [-0.1, -0.05) is 42.3 Å². The van der Waals surface area contributed by atoms with Crippen molar-refractivity contribution in [3.63, 3.8) is 0 Å². The fourth-order valence-electron chi connectivity index (χ4n) is 2.09. The predicted octanol–water partition coefficient (Wildman–Crippen LogP) is 3.37. The zero-order valence-corrected chi connectivity index (χ0v) is 16.0. The number of benzene rings is 1. The van der Waals surface area contributed by atoms with Gasteiger partial charge < -0.3 is 8.98 Å². The van der Waals surface area contributed by atoms with Crippen molar-refractivity contribution in [3.05, 3.63) is 35.2 Å². The Labute approximate surface area is 159 Å². The van der Waals surface area contributed by atoms with E-state index in [1.54, 1.807) is 12.1 Å².